The predicted octanol–water partition coefficient (Wildman–Crippen LogP) is 2.97. The molecular weight excluding hydrogens is 362 g/mol. The van der Waals surface area contributed by atoms with E-state index in [1.54, 1.807) is 0 Å². The molecule has 100 valence electrons. The Hall–Kier alpha value is -1.44. The number of aromatic nitrogens is 1. The fourth-order valence-corrected chi connectivity index (χ4v) is 2.26. The lowest BCUT2D eigenvalue weighted by atomic mass is 10.2. The van der Waals surface area contributed by atoms with Crippen molar-refractivity contribution in [3.63, 3.8) is 0 Å². The molecule has 0 radical (unpaired) electrons. The quantitative estimate of drug-likeness (QED) is 0.841. The van der Waals surface area contributed by atoms with E-state index in [4.69, 9.17) is 4.42 Å². The summed E-state index contributed by atoms with van der Waals surface area (Å²) < 4.78 is 18.9. The summed E-state index contributed by atoms with van der Waals surface area (Å²) in [6.45, 7) is 3.87. The highest BCUT2D eigenvalue weighted by Gasteiger charge is 2.12. The van der Waals surface area contributed by atoms with Gasteiger partial charge in [-0.05, 0) is 54.6 Å². The molecule has 0 atom stereocenters. The minimum atomic E-state index is -0.361. The SMILES string of the molecule is Cc1nc(CNC(=O)c2ccc(F)cc2I)oc1C. The van der Waals surface area contributed by atoms with Crippen molar-refractivity contribution in [2.45, 2.75) is 20.4 Å². The Morgan fingerprint density at radius 3 is 2.79 bits per heavy atom. The van der Waals surface area contributed by atoms with Gasteiger partial charge in [0.25, 0.3) is 5.91 Å². The zero-order valence-electron chi connectivity index (χ0n) is 10.5. The van der Waals surface area contributed by atoms with Gasteiger partial charge in [0, 0.05) is 3.57 Å². The maximum absolute atomic E-state index is 12.9. The molecule has 0 saturated carbocycles. The van der Waals surface area contributed by atoms with Crippen molar-refractivity contribution in [1.29, 1.82) is 0 Å². The average molecular weight is 374 g/mol. The number of amides is 1. The van der Waals surface area contributed by atoms with E-state index in [1.807, 2.05) is 36.4 Å². The lowest BCUT2D eigenvalue weighted by Gasteiger charge is -2.05. The summed E-state index contributed by atoms with van der Waals surface area (Å²) in [4.78, 5) is 16.1. The monoisotopic (exact) mass is 374 g/mol. The van der Waals surface area contributed by atoms with Gasteiger partial charge in [-0.15, -0.1) is 0 Å². The first kappa shape index (κ1) is 14.0. The van der Waals surface area contributed by atoms with Crippen molar-refractivity contribution in [2.24, 2.45) is 0 Å². The molecule has 2 aromatic rings. The fourth-order valence-electron chi connectivity index (χ4n) is 1.54. The van der Waals surface area contributed by atoms with Crippen LogP contribution in [-0.4, -0.2) is 10.9 Å². The standard InChI is InChI=1S/C13H12FIN2O2/c1-7-8(2)19-12(17-7)6-16-13(18)10-4-3-9(14)5-11(10)15/h3-5H,6H2,1-2H3,(H,16,18). The van der Waals surface area contributed by atoms with Gasteiger partial charge in [-0.2, -0.15) is 0 Å². The van der Waals surface area contributed by atoms with Crippen LogP contribution in [0.4, 0.5) is 4.39 Å². The van der Waals surface area contributed by atoms with Gasteiger partial charge in [-0.25, -0.2) is 9.37 Å². The summed E-state index contributed by atoms with van der Waals surface area (Å²) in [6.07, 6.45) is 0. The molecule has 6 heteroatoms. The molecule has 0 fully saturated rings. The van der Waals surface area contributed by atoms with Crippen LogP contribution < -0.4 is 5.32 Å². The maximum atomic E-state index is 12.9. The third-order valence-corrected chi connectivity index (χ3v) is 3.54. The van der Waals surface area contributed by atoms with Crippen LogP contribution in [0.15, 0.2) is 22.6 Å². The van der Waals surface area contributed by atoms with Gasteiger partial charge in [-0.3, -0.25) is 4.79 Å². The highest BCUT2D eigenvalue weighted by molar-refractivity contribution is 14.1. The summed E-state index contributed by atoms with van der Waals surface area (Å²) in [6, 6.07) is 4.03. The molecule has 0 unspecified atom stereocenters. The van der Waals surface area contributed by atoms with Crippen molar-refractivity contribution in [1.82, 2.24) is 10.3 Å². The molecule has 0 saturated heterocycles. The smallest absolute Gasteiger partial charge is 0.252 e. The van der Waals surface area contributed by atoms with E-state index in [0.29, 0.717) is 15.0 Å². The number of oxazole rings is 1. The summed E-state index contributed by atoms with van der Waals surface area (Å²) in [5, 5.41) is 2.69. The van der Waals surface area contributed by atoms with Gasteiger partial charge in [-0.1, -0.05) is 0 Å². The summed E-state index contributed by atoms with van der Waals surface area (Å²) in [7, 11) is 0. The Balaban J connectivity index is 2.05. The summed E-state index contributed by atoms with van der Waals surface area (Å²) >= 11 is 1.93. The molecule has 0 aliphatic carbocycles. The van der Waals surface area contributed by atoms with Crippen molar-refractivity contribution in [3.8, 4) is 0 Å². The number of halogens is 2. The lowest BCUT2D eigenvalue weighted by molar-refractivity contribution is 0.0946. The van der Waals surface area contributed by atoms with E-state index in [0.717, 1.165) is 11.5 Å². The van der Waals surface area contributed by atoms with Crippen LogP contribution >= 0.6 is 22.6 Å². The van der Waals surface area contributed by atoms with Crippen LogP contribution in [-0.2, 0) is 6.54 Å². The first-order valence-corrected chi connectivity index (χ1v) is 6.71. The number of benzene rings is 1. The van der Waals surface area contributed by atoms with E-state index in [-0.39, 0.29) is 18.3 Å². The molecular formula is C13H12FIN2O2. The number of hydrogen-bond donors (Lipinski definition) is 1. The number of hydrogen-bond acceptors (Lipinski definition) is 3. The Morgan fingerprint density at radius 2 is 2.21 bits per heavy atom. The third-order valence-electron chi connectivity index (χ3n) is 2.65. The third kappa shape index (κ3) is 3.31. The van der Waals surface area contributed by atoms with Crippen molar-refractivity contribution in [2.75, 3.05) is 0 Å². The number of rotatable bonds is 3. The number of nitrogens with one attached hydrogen (secondary N) is 1. The first-order valence-electron chi connectivity index (χ1n) is 5.63. The minimum Gasteiger partial charge on any atom is -0.444 e. The summed E-state index contributed by atoms with van der Waals surface area (Å²) in [5.74, 6) is 0.555. The van der Waals surface area contributed by atoms with Gasteiger partial charge >= 0.3 is 0 Å². The second kappa shape index (κ2) is 5.68. The summed E-state index contributed by atoms with van der Waals surface area (Å²) in [5.41, 5.74) is 1.24. The van der Waals surface area contributed by atoms with Crippen LogP contribution in [0.5, 0.6) is 0 Å². The molecule has 0 aliphatic rings. The first-order chi connectivity index (χ1) is 8.97. The molecule has 0 bridgehead atoms. The molecule has 19 heavy (non-hydrogen) atoms. The van der Waals surface area contributed by atoms with Gasteiger partial charge in [0.2, 0.25) is 5.89 Å². The van der Waals surface area contributed by atoms with Crippen LogP contribution in [0.3, 0.4) is 0 Å². The van der Waals surface area contributed by atoms with Crippen LogP contribution in [0.2, 0.25) is 0 Å². The molecule has 1 aromatic heterocycles. The molecule has 2 rings (SSSR count). The van der Waals surface area contributed by atoms with Crippen LogP contribution in [0, 0.1) is 23.2 Å². The van der Waals surface area contributed by atoms with Crippen LogP contribution in [0.1, 0.15) is 27.7 Å². The molecule has 1 amide bonds. The van der Waals surface area contributed by atoms with Crippen molar-refractivity contribution in [3.05, 3.63) is 50.5 Å². The Morgan fingerprint density at radius 1 is 1.47 bits per heavy atom. The fraction of sp³-hybridized carbons (Fsp3) is 0.231. The largest absolute Gasteiger partial charge is 0.444 e. The molecule has 0 spiro atoms. The zero-order chi connectivity index (χ0) is 14.0. The highest BCUT2D eigenvalue weighted by atomic mass is 127. The van der Waals surface area contributed by atoms with Gasteiger partial charge in [0.05, 0.1) is 17.8 Å². The van der Waals surface area contributed by atoms with Gasteiger partial charge in [0.15, 0.2) is 0 Å². The van der Waals surface area contributed by atoms with E-state index in [9.17, 15) is 9.18 Å². The van der Waals surface area contributed by atoms with Crippen LogP contribution in [0.25, 0.3) is 0 Å². The second-order valence-electron chi connectivity index (χ2n) is 4.06. The Bertz CT molecular complexity index is 606. The molecule has 4 nitrogen and oxygen atoms in total. The topological polar surface area (TPSA) is 55.1 Å². The van der Waals surface area contributed by atoms with E-state index in [1.165, 1.54) is 18.2 Å². The van der Waals surface area contributed by atoms with E-state index < -0.39 is 0 Å². The average Bonchev–Trinajstić information content (AvgIpc) is 2.66. The van der Waals surface area contributed by atoms with Gasteiger partial charge in [0.1, 0.15) is 11.6 Å². The normalized spacial score (nSPS) is 10.5. The molecule has 1 aromatic carbocycles. The Kier molecular flexibility index (Phi) is 4.18. The number of aryl methyl sites for hydroxylation is 2. The second-order valence-corrected chi connectivity index (χ2v) is 5.22. The zero-order valence-corrected chi connectivity index (χ0v) is 12.6. The lowest BCUT2D eigenvalue weighted by Crippen LogP contribution is -2.23. The molecule has 0 aliphatic heterocycles. The predicted molar refractivity (Wildman–Crippen MR) is 76.3 cm³/mol. The Labute approximate surface area is 123 Å². The maximum Gasteiger partial charge on any atom is 0.252 e. The van der Waals surface area contributed by atoms with Crippen molar-refractivity contribution < 1.29 is 13.6 Å². The number of carbonyl (C=O) groups excluding carboxylic acids is 1. The minimum absolute atomic E-state index is 0.209. The number of carbonyl (C=O) groups is 1. The van der Waals surface area contributed by atoms with Crippen molar-refractivity contribution >= 4 is 28.5 Å². The molecule has 1 N–H and O–H groups in total. The van der Waals surface area contributed by atoms with E-state index >= 15 is 0 Å². The van der Waals surface area contributed by atoms with E-state index in [2.05, 4.69) is 10.3 Å². The highest BCUT2D eigenvalue weighted by Crippen LogP contribution is 2.14. The van der Waals surface area contributed by atoms with Gasteiger partial charge < -0.3 is 9.73 Å². The molecule has 1 heterocycles. The number of nitrogens with zero attached hydrogens (tertiary/aromatic N) is 1.